The Morgan fingerprint density at radius 3 is 2.72 bits per heavy atom. The van der Waals surface area contributed by atoms with E-state index in [1.807, 2.05) is 6.92 Å². The Hall–Kier alpha value is -1.92. The van der Waals surface area contributed by atoms with Crippen molar-refractivity contribution in [1.29, 1.82) is 0 Å². The van der Waals surface area contributed by atoms with E-state index in [4.69, 9.17) is 4.74 Å². The predicted octanol–water partition coefficient (Wildman–Crippen LogP) is 0.969. The van der Waals surface area contributed by atoms with Gasteiger partial charge in [0.2, 0.25) is 0 Å². The summed E-state index contributed by atoms with van der Waals surface area (Å²) in [6.07, 6.45) is 2.70. The molecule has 7 heteroatoms. The van der Waals surface area contributed by atoms with Gasteiger partial charge in [0.05, 0.1) is 13.7 Å². The minimum atomic E-state index is -0.632. The highest BCUT2D eigenvalue weighted by Crippen LogP contribution is 2.14. The van der Waals surface area contributed by atoms with E-state index >= 15 is 0 Å². The number of carbonyl (C=O) groups excluding carboxylic acids is 2. The number of rotatable bonds is 6. The van der Waals surface area contributed by atoms with Crippen molar-refractivity contribution in [1.82, 2.24) is 14.8 Å². The van der Waals surface area contributed by atoms with E-state index in [9.17, 15) is 9.59 Å². The lowest BCUT2D eigenvalue weighted by molar-refractivity contribution is -0.147. The van der Waals surface area contributed by atoms with Crippen LogP contribution >= 0.6 is 0 Å². The van der Waals surface area contributed by atoms with Gasteiger partial charge in [-0.2, -0.15) is 0 Å². The SMILES string of the molecule is CCCC(C(=O)OCC)n1cnc(C(=O)OC)n1. The highest BCUT2D eigenvalue weighted by Gasteiger charge is 2.23. The summed E-state index contributed by atoms with van der Waals surface area (Å²) < 4.78 is 10.8. The van der Waals surface area contributed by atoms with Crippen LogP contribution in [0.4, 0.5) is 0 Å². The van der Waals surface area contributed by atoms with Crippen LogP contribution in [0.1, 0.15) is 43.3 Å². The average molecular weight is 255 g/mol. The summed E-state index contributed by atoms with van der Waals surface area (Å²) in [6.45, 7) is 3.99. The Morgan fingerprint density at radius 2 is 2.17 bits per heavy atom. The summed E-state index contributed by atoms with van der Waals surface area (Å²) in [6, 6.07) is -0.555. The van der Waals surface area contributed by atoms with Gasteiger partial charge in [-0.15, -0.1) is 5.10 Å². The molecule has 0 fully saturated rings. The van der Waals surface area contributed by atoms with Crippen molar-refractivity contribution in [2.45, 2.75) is 32.7 Å². The monoisotopic (exact) mass is 255 g/mol. The minimum absolute atomic E-state index is 0.0668. The molecule has 100 valence electrons. The van der Waals surface area contributed by atoms with Crippen LogP contribution in [0.25, 0.3) is 0 Å². The van der Waals surface area contributed by atoms with Gasteiger partial charge in [0.25, 0.3) is 5.82 Å². The molecule has 0 bridgehead atoms. The van der Waals surface area contributed by atoms with E-state index in [0.717, 1.165) is 6.42 Å². The van der Waals surface area contributed by atoms with Crippen molar-refractivity contribution in [3.05, 3.63) is 12.2 Å². The normalized spacial score (nSPS) is 11.9. The number of hydrogen-bond acceptors (Lipinski definition) is 6. The lowest BCUT2D eigenvalue weighted by atomic mass is 10.2. The van der Waals surface area contributed by atoms with Gasteiger partial charge in [-0.3, -0.25) is 0 Å². The van der Waals surface area contributed by atoms with E-state index in [0.29, 0.717) is 13.0 Å². The maximum Gasteiger partial charge on any atom is 0.377 e. The molecule has 0 saturated heterocycles. The summed E-state index contributed by atoms with van der Waals surface area (Å²) >= 11 is 0. The van der Waals surface area contributed by atoms with Gasteiger partial charge in [-0.1, -0.05) is 13.3 Å². The Morgan fingerprint density at radius 1 is 1.44 bits per heavy atom. The van der Waals surface area contributed by atoms with Gasteiger partial charge in [-0.05, 0) is 13.3 Å². The molecule has 0 radical (unpaired) electrons. The van der Waals surface area contributed by atoms with Gasteiger partial charge in [0.15, 0.2) is 6.04 Å². The topological polar surface area (TPSA) is 83.3 Å². The maximum absolute atomic E-state index is 11.8. The molecular formula is C11H17N3O4. The van der Waals surface area contributed by atoms with Crippen LogP contribution in [-0.2, 0) is 14.3 Å². The Labute approximate surface area is 105 Å². The first kappa shape index (κ1) is 14.1. The first-order chi connectivity index (χ1) is 8.63. The van der Waals surface area contributed by atoms with Crippen LogP contribution in [0, 0.1) is 0 Å². The average Bonchev–Trinajstić information content (AvgIpc) is 2.84. The van der Waals surface area contributed by atoms with Crippen molar-refractivity contribution < 1.29 is 19.1 Å². The highest BCUT2D eigenvalue weighted by molar-refractivity contribution is 5.84. The zero-order valence-corrected chi connectivity index (χ0v) is 10.8. The summed E-state index contributed by atoms with van der Waals surface area (Å²) in [4.78, 5) is 26.8. The highest BCUT2D eigenvalue weighted by atomic mass is 16.5. The number of esters is 2. The molecule has 7 nitrogen and oxygen atoms in total. The van der Waals surface area contributed by atoms with Crippen molar-refractivity contribution in [3.63, 3.8) is 0 Å². The Balaban J connectivity index is 2.88. The second-order valence-corrected chi connectivity index (χ2v) is 3.60. The molecule has 0 saturated carbocycles. The molecule has 1 heterocycles. The largest absolute Gasteiger partial charge is 0.464 e. The molecule has 1 aromatic heterocycles. The summed E-state index contributed by atoms with van der Waals surface area (Å²) in [5.74, 6) is -1.07. The lowest BCUT2D eigenvalue weighted by Crippen LogP contribution is -2.23. The minimum Gasteiger partial charge on any atom is -0.464 e. The molecule has 1 rings (SSSR count). The van der Waals surface area contributed by atoms with E-state index < -0.39 is 12.0 Å². The van der Waals surface area contributed by atoms with Gasteiger partial charge in [0, 0.05) is 0 Å². The zero-order valence-electron chi connectivity index (χ0n) is 10.8. The van der Waals surface area contributed by atoms with Gasteiger partial charge in [-0.25, -0.2) is 19.3 Å². The molecule has 1 aromatic rings. The van der Waals surface area contributed by atoms with Crippen molar-refractivity contribution in [2.24, 2.45) is 0 Å². The van der Waals surface area contributed by atoms with E-state index in [2.05, 4.69) is 14.8 Å². The molecule has 0 spiro atoms. The van der Waals surface area contributed by atoms with E-state index in [-0.39, 0.29) is 11.8 Å². The predicted molar refractivity (Wildman–Crippen MR) is 61.9 cm³/mol. The van der Waals surface area contributed by atoms with Crippen LogP contribution in [0.2, 0.25) is 0 Å². The molecule has 0 aliphatic rings. The zero-order chi connectivity index (χ0) is 13.5. The van der Waals surface area contributed by atoms with Crippen molar-refractivity contribution in [3.8, 4) is 0 Å². The van der Waals surface area contributed by atoms with Crippen molar-refractivity contribution >= 4 is 11.9 Å². The first-order valence-corrected chi connectivity index (χ1v) is 5.80. The fourth-order valence-corrected chi connectivity index (χ4v) is 1.48. The molecule has 0 aliphatic carbocycles. The van der Waals surface area contributed by atoms with Crippen LogP contribution in [0.5, 0.6) is 0 Å². The third kappa shape index (κ3) is 3.28. The molecule has 1 unspecified atom stereocenters. The fraction of sp³-hybridized carbons (Fsp3) is 0.636. The second-order valence-electron chi connectivity index (χ2n) is 3.60. The number of hydrogen-bond donors (Lipinski definition) is 0. The van der Waals surface area contributed by atoms with Crippen molar-refractivity contribution in [2.75, 3.05) is 13.7 Å². The molecular weight excluding hydrogens is 238 g/mol. The third-order valence-corrected chi connectivity index (χ3v) is 2.32. The van der Waals surface area contributed by atoms with Crippen LogP contribution < -0.4 is 0 Å². The number of nitrogens with zero attached hydrogens (tertiary/aromatic N) is 3. The second kappa shape index (κ2) is 6.73. The summed E-state index contributed by atoms with van der Waals surface area (Å²) in [5, 5.41) is 3.93. The Kier molecular flexibility index (Phi) is 5.29. The maximum atomic E-state index is 11.8. The summed E-state index contributed by atoms with van der Waals surface area (Å²) in [7, 11) is 1.25. The number of aromatic nitrogens is 3. The molecule has 0 aromatic carbocycles. The summed E-state index contributed by atoms with van der Waals surface area (Å²) in [5.41, 5.74) is 0. The standard InChI is InChI=1S/C11H17N3O4/c1-4-6-8(10(15)18-5-2)14-7-12-9(13-14)11(16)17-3/h7-8H,4-6H2,1-3H3. The van der Waals surface area contributed by atoms with E-state index in [1.54, 1.807) is 6.92 Å². The van der Waals surface area contributed by atoms with Crippen LogP contribution in [0.3, 0.4) is 0 Å². The van der Waals surface area contributed by atoms with Crippen LogP contribution in [-0.4, -0.2) is 40.4 Å². The fourth-order valence-electron chi connectivity index (χ4n) is 1.48. The molecule has 0 amide bonds. The number of carbonyl (C=O) groups is 2. The first-order valence-electron chi connectivity index (χ1n) is 5.80. The molecule has 1 atom stereocenters. The van der Waals surface area contributed by atoms with Gasteiger partial charge < -0.3 is 9.47 Å². The smallest absolute Gasteiger partial charge is 0.377 e. The Bertz CT molecular complexity index is 416. The van der Waals surface area contributed by atoms with Crippen LogP contribution in [0.15, 0.2) is 6.33 Å². The van der Waals surface area contributed by atoms with E-state index in [1.165, 1.54) is 18.1 Å². The quantitative estimate of drug-likeness (QED) is 0.704. The molecule has 0 N–H and O–H groups in total. The molecule has 18 heavy (non-hydrogen) atoms. The van der Waals surface area contributed by atoms with Gasteiger partial charge >= 0.3 is 11.9 Å². The number of ether oxygens (including phenoxy) is 2. The molecule has 0 aliphatic heterocycles. The van der Waals surface area contributed by atoms with Gasteiger partial charge in [0.1, 0.15) is 6.33 Å². The number of methoxy groups -OCH3 is 1. The lowest BCUT2D eigenvalue weighted by Gasteiger charge is -2.14. The third-order valence-electron chi connectivity index (χ3n) is 2.32.